The molecular weight excluding hydrogens is 439 g/mol. The van der Waals surface area contributed by atoms with Crippen molar-refractivity contribution in [2.24, 2.45) is 0 Å². The molecule has 6 nitrogen and oxygen atoms in total. The van der Waals surface area contributed by atoms with E-state index < -0.39 is 11.2 Å². The molecule has 0 unspecified atom stereocenters. The molecule has 7 heteroatoms. The highest BCUT2D eigenvalue weighted by Gasteiger charge is 2.25. The third kappa shape index (κ3) is 9.44. The van der Waals surface area contributed by atoms with Crippen molar-refractivity contribution < 1.29 is 29.3 Å². The molecule has 0 aliphatic rings. The molecule has 0 bridgehead atoms. The van der Waals surface area contributed by atoms with Crippen molar-refractivity contribution in [3.05, 3.63) is 70.8 Å². The van der Waals surface area contributed by atoms with Crippen molar-refractivity contribution in [3.63, 3.8) is 0 Å². The van der Waals surface area contributed by atoms with E-state index in [1.165, 1.54) is 27.7 Å². The highest BCUT2D eigenvalue weighted by molar-refractivity contribution is 7.38. The van der Waals surface area contributed by atoms with Crippen molar-refractivity contribution in [1.82, 2.24) is 0 Å². The molecule has 2 N–H and O–H groups in total. The van der Waals surface area contributed by atoms with Gasteiger partial charge in [0.2, 0.25) is 0 Å². The summed E-state index contributed by atoms with van der Waals surface area (Å²) in [6.45, 7) is 8.25. The summed E-state index contributed by atoms with van der Waals surface area (Å²) < 4.78 is 11.4. The van der Waals surface area contributed by atoms with Gasteiger partial charge >= 0.3 is 0 Å². The molecule has 0 amide bonds. The van der Waals surface area contributed by atoms with E-state index in [-0.39, 0.29) is 11.6 Å². The molecular formula is C26H35O6P. The van der Waals surface area contributed by atoms with E-state index in [1.54, 1.807) is 24.3 Å². The Morgan fingerprint density at radius 3 is 1.33 bits per heavy atom. The highest BCUT2D eigenvalue weighted by Crippen LogP contribution is 2.16. The quantitative estimate of drug-likeness (QED) is 0.244. The molecule has 0 aromatic heterocycles. The zero-order valence-electron chi connectivity index (χ0n) is 19.9. The van der Waals surface area contributed by atoms with Crippen molar-refractivity contribution in [1.29, 1.82) is 0 Å². The lowest BCUT2D eigenvalue weighted by Gasteiger charge is -2.15. The Morgan fingerprint density at radius 2 is 1.03 bits per heavy atom. The van der Waals surface area contributed by atoms with Crippen LogP contribution in [0.25, 0.3) is 0 Å². The van der Waals surface area contributed by atoms with E-state index in [2.05, 4.69) is 0 Å². The van der Waals surface area contributed by atoms with Crippen LogP contribution in [0.2, 0.25) is 0 Å². The first-order valence-electron chi connectivity index (χ1n) is 11.1. The number of ketones is 2. The van der Waals surface area contributed by atoms with Gasteiger partial charge in [0.1, 0.15) is 11.2 Å². The predicted octanol–water partition coefficient (Wildman–Crippen LogP) is 4.01. The molecule has 2 aromatic carbocycles. The van der Waals surface area contributed by atoms with E-state index >= 15 is 0 Å². The Balaban J connectivity index is 1.55. The number of benzene rings is 2. The van der Waals surface area contributed by atoms with Gasteiger partial charge in [-0.15, -0.1) is 8.58 Å². The van der Waals surface area contributed by atoms with Crippen LogP contribution in [0.3, 0.4) is 0 Å². The van der Waals surface area contributed by atoms with Gasteiger partial charge in [0.15, 0.2) is 11.6 Å². The minimum Gasteiger partial charge on any atom is -0.382 e. The summed E-state index contributed by atoms with van der Waals surface area (Å²) >= 11 is 0. The summed E-state index contributed by atoms with van der Waals surface area (Å²) in [5.74, 6) is -0.590. The Morgan fingerprint density at radius 1 is 0.697 bits per heavy atom. The third-order valence-corrected chi connectivity index (χ3v) is 6.04. The van der Waals surface area contributed by atoms with E-state index in [0.717, 1.165) is 32.0 Å². The molecule has 0 atom stereocenters. The summed E-state index contributed by atoms with van der Waals surface area (Å²) in [5, 5.41) is 19.6. The first-order valence-corrected chi connectivity index (χ1v) is 12.5. The molecule has 33 heavy (non-hydrogen) atoms. The van der Waals surface area contributed by atoms with Gasteiger partial charge in [-0.3, -0.25) is 9.59 Å². The van der Waals surface area contributed by atoms with Crippen LogP contribution in [0.1, 0.15) is 59.5 Å². The molecule has 0 saturated carbocycles. The molecule has 0 fully saturated rings. The van der Waals surface area contributed by atoms with E-state index in [1.807, 2.05) is 24.3 Å². The van der Waals surface area contributed by atoms with Crippen LogP contribution in [-0.4, -0.2) is 58.5 Å². The molecule has 2 rings (SSSR count). The average Bonchev–Trinajstić information content (AvgIpc) is 2.76. The van der Waals surface area contributed by atoms with Crippen molar-refractivity contribution in [2.75, 3.05) is 25.5 Å². The van der Waals surface area contributed by atoms with Crippen LogP contribution in [-0.2, 0) is 22.7 Å². The molecule has 0 saturated heterocycles. The van der Waals surface area contributed by atoms with Gasteiger partial charge in [-0.05, 0) is 51.1 Å². The minimum absolute atomic E-state index is 0.295. The second kappa shape index (κ2) is 12.5. The Labute approximate surface area is 198 Å². The van der Waals surface area contributed by atoms with E-state index in [0.29, 0.717) is 37.6 Å². The number of aliphatic hydroxyl groups is 2. The first kappa shape index (κ1) is 27.3. The normalized spacial score (nSPS) is 12.1. The van der Waals surface area contributed by atoms with Crippen LogP contribution in [0.4, 0.5) is 0 Å². The number of ether oxygens (including phenoxy) is 2. The third-order valence-electron chi connectivity index (χ3n) is 4.93. The summed E-state index contributed by atoms with van der Waals surface area (Å²) in [6.07, 6.45) is 1.93. The highest BCUT2D eigenvalue weighted by atomic mass is 31.1. The van der Waals surface area contributed by atoms with Gasteiger partial charge < -0.3 is 19.7 Å². The second-order valence-electron chi connectivity index (χ2n) is 9.03. The van der Waals surface area contributed by atoms with Crippen LogP contribution >= 0.6 is 8.58 Å². The van der Waals surface area contributed by atoms with Crippen molar-refractivity contribution >= 4 is 20.1 Å². The molecule has 0 aliphatic carbocycles. The number of carbonyl (C=O) groups is 2. The fraction of sp³-hybridized carbons (Fsp3) is 0.462. The lowest BCUT2D eigenvalue weighted by atomic mass is 9.96. The molecule has 0 spiro atoms. The smallest absolute Gasteiger partial charge is 0.193 e. The van der Waals surface area contributed by atoms with Gasteiger partial charge in [-0.1, -0.05) is 48.5 Å². The molecule has 0 heterocycles. The van der Waals surface area contributed by atoms with E-state index in [4.69, 9.17) is 9.47 Å². The Hall–Kier alpha value is -1.95. The van der Waals surface area contributed by atoms with Crippen LogP contribution in [0, 0.1) is 0 Å². The monoisotopic (exact) mass is 474 g/mol. The number of rotatable bonds is 14. The topological polar surface area (TPSA) is 93.1 Å². The molecule has 0 aliphatic heterocycles. The Bertz CT molecular complexity index is 817. The largest absolute Gasteiger partial charge is 0.382 e. The number of hydrogen-bond donors (Lipinski definition) is 2. The maximum atomic E-state index is 12.0. The zero-order chi connectivity index (χ0) is 24.5. The predicted molar refractivity (Wildman–Crippen MR) is 132 cm³/mol. The van der Waals surface area contributed by atoms with Crippen molar-refractivity contribution in [2.45, 2.75) is 52.1 Å². The fourth-order valence-corrected chi connectivity index (χ4v) is 3.83. The maximum absolute atomic E-state index is 12.0. The number of carbonyl (C=O) groups excluding carboxylic acids is 2. The average molecular weight is 475 g/mol. The molecule has 180 valence electrons. The van der Waals surface area contributed by atoms with Gasteiger partial charge in [0.05, 0.1) is 26.4 Å². The summed E-state index contributed by atoms with van der Waals surface area (Å²) in [7, 11) is 0.748. The summed E-state index contributed by atoms with van der Waals surface area (Å²) in [5.41, 5.74) is 0.225. The zero-order valence-corrected chi connectivity index (χ0v) is 20.9. The fourth-order valence-electron chi connectivity index (χ4n) is 3.00. The lowest BCUT2D eigenvalue weighted by molar-refractivity contribution is 0.0487. The Kier molecular flexibility index (Phi) is 10.3. The minimum atomic E-state index is -1.37. The van der Waals surface area contributed by atoms with Gasteiger partial charge in [-0.25, -0.2) is 0 Å². The van der Waals surface area contributed by atoms with Gasteiger partial charge in [0.25, 0.3) is 0 Å². The SMILES string of the molecule is CC(C)(O)C(=O)c1ccc(COCCPCCOCc2ccc(C(=O)C(C)(C)O)cc2)cc1. The maximum Gasteiger partial charge on any atom is 0.193 e. The second-order valence-corrected chi connectivity index (χ2v) is 10.5. The van der Waals surface area contributed by atoms with Crippen molar-refractivity contribution in [3.8, 4) is 0 Å². The molecule has 2 aromatic rings. The summed E-state index contributed by atoms with van der Waals surface area (Å²) in [6, 6.07) is 14.3. The van der Waals surface area contributed by atoms with Gasteiger partial charge in [-0.2, -0.15) is 0 Å². The van der Waals surface area contributed by atoms with Crippen LogP contribution in [0.15, 0.2) is 48.5 Å². The standard InChI is InChI=1S/C26H35O6P/c1-25(2,29)23(27)21-9-5-19(6-10-21)17-31-13-15-33-16-14-32-18-20-7-11-22(12-8-20)24(28)26(3,4)30/h5-12,29-30,33H,13-18H2,1-4H3. The van der Waals surface area contributed by atoms with Gasteiger partial charge in [0, 0.05) is 11.1 Å². The van der Waals surface area contributed by atoms with Crippen LogP contribution in [0.5, 0.6) is 0 Å². The van der Waals surface area contributed by atoms with Crippen LogP contribution < -0.4 is 0 Å². The van der Waals surface area contributed by atoms with E-state index in [9.17, 15) is 19.8 Å². The lowest BCUT2D eigenvalue weighted by Crippen LogP contribution is -2.31. The number of hydrogen-bond acceptors (Lipinski definition) is 6. The first-order chi connectivity index (χ1) is 15.5. The molecule has 0 radical (unpaired) electrons. The number of Topliss-reactive ketones (excluding diaryl/α,β-unsaturated/α-hetero) is 2. The summed E-state index contributed by atoms with van der Waals surface area (Å²) in [4.78, 5) is 24.0.